The number of nitro benzene ring substituents is 1. The highest BCUT2D eigenvalue weighted by molar-refractivity contribution is 5.81. The third-order valence-corrected chi connectivity index (χ3v) is 5.26. The molecule has 1 aromatic carbocycles. The van der Waals surface area contributed by atoms with E-state index in [0.29, 0.717) is 37.0 Å². The van der Waals surface area contributed by atoms with Crippen LogP contribution in [0, 0.1) is 16.0 Å². The zero-order chi connectivity index (χ0) is 19.4. The van der Waals surface area contributed by atoms with E-state index in [9.17, 15) is 14.9 Å². The van der Waals surface area contributed by atoms with E-state index < -0.39 is 4.92 Å². The first-order chi connectivity index (χ1) is 12.9. The van der Waals surface area contributed by atoms with E-state index in [-0.39, 0.29) is 11.6 Å². The molecule has 0 spiro atoms. The number of likely N-dealkylation sites (tertiary alicyclic amines) is 1. The topological polar surface area (TPSA) is 93.3 Å². The molecular formula is C19H27N5O3. The van der Waals surface area contributed by atoms with E-state index in [1.54, 1.807) is 16.9 Å². The minimum Gasteiger partial charge on any atom is -0.356 e. The number of benzene rings is 1. The molecule has 0 aliphatic carbocycles. The highest BCUT2D eigenvalue weighted by Gasteiger charge is 2.22. The number of piperidine rings is 1. The third-order valence-electron chi connectivity index (χ3n) is 5.26. The second kappa shape index (κ2) is 8.47. The molecule has 1 aliphatic rings. The predicted molar refractivity (Wildman–Crippen MR) is 103 cm³/mol. The molecule has 1 aromatic heterocycles. The lowest BCUT2D eigenvalue weighted by atomic mass is 9.97. The summed E-state index contributed by atoms with van der Waals surface area (Å²) in [6.45, 7) is 7.69. The van der Waals surface area contributed by atoms with Crippen LogP contribution in [0.15, 0.2) is 24.4 Å². The van der Waals surface area contributed by atoms with Gasteiger partial charge in [-0.05, 0) is 45.2 Å². The lowest BCUT2D eigenvalue weighted by molar-refractivity contribution is -0.384. The molecule has 0 radical (unpaired) electrons. The number of non-ortho nitro benzene ring substituents is 1. The number of amides is 1. The molecule has 2 aromatic rings. The number of aryl methyl sites for hydroxylation is 1. The number of hydrogen-bond acceptors (Lipinski definition) is 5. The molecule has 1 amide bonds. The first-order valence-electron chi connectivity index (χ1n) is 9.54. The van der Waals surface area contributed by atoms with Gasteiger partial charge < -0.3 is 10.2 Å². The lowest BCUT2D eigenvalue weighted by Crippen LogP contribution is -2.43. The van der Waals surface area contributed by atoms with Crippen molar-refractivity contribution in [2.45, 2.75) is 45.7 Å². The summed E-state index contributed by atoms with van der Waals surface area (Å²) in [5.74, 6) is 0.490. The van der Waals surface area contributed by atoms with Crippen molar-refractivity contribution in [2.24, 2.45) is 5.92 Å². The van der Waals surface area contributed by atoms with Crippen molar-refractivity contribution < 1.29 is 9.72 Å². The SMILES string of the molecule is CC(C)N1CCC[C@H](CNC(=O)CCn2ncc3ccc([N+](=O)[O-])cc32)C1. The number of aromatic nitrogens is 2. The Bertz CT molecular complexity index is 817. The number of carbonyl (C=O) groups is 1. The molecule has 1 atom stereocenters. The number of hydrogen-bond donors (Lipinski definition) is 1. The molecule has 1 fully saturated rings. The molecule has 8 nitrogen and oxygen atoms in total. The number of carbonyl (C=O) groups excluding carboxylic acids is 1. The summed E-state index contributed by atoms with van der Waals surface area (Å²) in [4.78, 5) is 25.2. The number of nitro groups is 1. The number of nitrogens with one attached hydrogen (secondary N) is 1. The maximum atomic E-state index is 12.2. The lowest BCUT2D eigenvalue weighted by Gasteiger charge is -2.35. The summed E-state index contributed by atoms with van der Waals surface area (Å²) in [7, 11) is 0. The van der Waals surface area contributed by atoms with Gasteiger partial charge in [-0.2, -0.15) is 5.10 Å². The van der Waals surface area contributed by atoms with Crippen LogP contribution in [0.3, 0.4) is 0 Å². The zero-order valence-corrected chi connectivity index (χ0v) is 15.9. The van der Waals surface area contributed by atoms with Crippen LogP contribution in [0.5, 0.6) is 0 Å². The Balaban J connectivity index is 1.51. The standard InChI is InChI=1S/C19H27N5O3/c1-14(2)22-8-3-4-15(13-22)11-20-19(25)7-9-23-18-10-17(24(26)27)6-5-16(18)12-21-23/h5-6,10,12,14-15H,3-4,7-9,11,13H2,1-2H3,(H,20,25)/t15-/m1/s1. The number of rotatable bonds is 7. The normalized spacial score (nSPS) is 18.1. The quantitative estimate of drug-likeness (QED) is 0.595. The van der Waals surface area contributed by atoms with Gasteiger partial charge in [-0.1, -0.05) is 0 Å². The van der Waals surface area contributed by atoms with Gasteiger partial charge in [-0.15, -0.1) is 0 Å². The Morgan fingerprint density at radius 1 is 1.44 bits per heavy atom. The molecular weight excluding hydrogens is 346 g/mol. The third kappa shape index (κ3) is 4.82. The monoisotopic (exact) mass is 373 g/mol. The maximum Gasteiger partial charge on any atom is 0.271 e. The van der Waals surface area contributed by atoms with E-state index in [4.69, 9.17) is 0 Å². The van der Waals surface area contributed by atoms with Crippen LogP contribution < -0.4 is 5.32 Å². The van der Waals surface area contributed by atoms with E-state index in [1.807, 2.05) is 0 Å². The second-order valence-corrected chi connectivity index (χ2v) is 7.52. The molecule has 0 bridgehead atoms. The zero-order valence-electron chi connectivity index (χ0n) is 15.9. The first-order valence-corrected chi connectivity index (χ1v) is 9.54. The fourth-order valence-corrected chi connectivity index (χ4v) is 3.64. The smallest absolute Gasteiger partial charge is 0.271 e. The summed E-state index contributed by atoms with van der Waals surface area (Å²) in [6, 6.07) is 5.19. The molecule has 1 N–H and O–H groups in total. The largest absolute Gasteiger partial charge is 0.356 e. The van der Waals surface area contributed by atoms with E-state index >= 15 is 0 Å². The van der Waals surface area contributed by atoms with Crippen molar-refractivity contribution in [3.63, 3.8) is 0 Å². The van der Waals surface area contributed by atoms with Crippen LogP contribution in [0.4, 0.5) is 5.69 Å². The van der Waals surface area contributed by atoms with Gasteiger partial charge in [-0.25, -0.2) is 0 Å². The van der Waals surface area contributed by atoms with Crippen LogP contribution in [0.2, 0.25) is 0 Å². The first kappa shape index (κ1) is 19.3. The Morgan fingerprint density at radius 3 is 3.00 bits per heavy atom. The van der Waals surface area contributed by atoms with Gasteiger partial charge in [0.2, 0.25) is 5.91 Å². The second-order valence-electron chi connectivity index (χ2n) is 7.52. The molecule has 1 saturated heterocycles. The van der Waals surface area contributed by atoms with Crippen LogP contribution in [0.25, 0.3) is 10.9 Å². The predicted octanol–water partition coefficient (Wildman–Crippen LogP) is 2.57. The van der Waals surface area contributed by atoms with E-state index in [0.717, 1.165) is 24.9 Å². The molecule has 0 saturated carbocycles. The highest BCUT2D eigenvalue weighted by Crippen LogP contribution is 2.21. The Kier molecular flexibility index (Phi) is 6.05. The number of nitrogens with zero attached hydrogens (tertiary/aromatic N) is 4. The van der Waals surface area contributed by atoms with Crippen molar-refractivity contribution in [3.8, 4) is 0 Å². The van der Waals surface area contributed by atoms with Gasteiger partial charge >= 0.3 is 0 Å². The Labute approximate surface area is 158 Å². The van der Waals surface area contributed by atoms with E-state index in [2.05, 4.69) is 29.2 Å². The molecule has 8 heteroatoms. The van der Waals surface area contributed by atoms with Gasteiger partial charge in [-0.3, -0.25) is 19.6 Å². The number of fused-ring (bicyclic) bond motifs is 1. The van der Waals surface area contributed by atoms with Crippen molar-refractivity contribution in [1.82, 2.24) is 20.0 Å². The van der Waals surface area contributed by atoms with Crippen molar-refractivity contribution >= 4 is 22.5 Å². The summed E-state index contributed by atoms with van der Waals surface area (Å²) in [5.41, 5.74) is 0.706. The minimum absolute atomic E-state index is 0.00856. The maximum absolute atomic E-state index is 12.2. The highest BCUT2D eigenvalue weighted by atomic mass is 16.6. The molecule has 3 rings (SSSR count). The van der Waals surface area contributed by atoms with Gasteiger partial charge in [0.25, 0.3) is 5.69 Å². The van der Waals surface area contributed by atoms with Crippen molar-refractivity contribution in [2.75, 3.05) is 19.6 Å². The van der Waals surface area contributed by atoms with Gasteiger partial charge in [0.05, 0.1) is 23.2 Å². The fourth-order valence-electron chi connectivity index (χ4n) is 3.64. The minimum atomic E-state index is -0.423. The average Bonchev–Trinajstić information content (AvgIpc) is 3.07. The molecule has 27 heavy (non-hydrogen) atoms. The van der Waals surface area contributed by atoms with Crippen LogP contribution in [-0.4, -0.2) is 51.2 Å². The summed E-state index contributed by atoms with van der Waals surface area (Å²) >= 11 is 0. The van der Waals surface area contributed by atoms with Gasteiger partial charge in [0.1, 0.15) is 0 Å². The van der Waals surface area contributed by atoms with E-state index in [1.165, 1.54) is 18.6 Å². The van der Waals surface area contributed by atoms with Crippen LogP contribution >= 0.6 is 0 Å². The Morgan fingerprint density at radius 2 is 2.26 bits per heavy atom. The summed E-state index contributed by atoms with van der Waals surface area (Å²) < 4.78 is 1.66. The fraction of sp³-hybridized carbons (Fsp3) is 0.579. The van der Waals surface area contributed by atoms with Crippen LogP contribution in [-0.2, 0) is 11.3 Å². The van der Waals surface area contributed by atoms with Gasteiger partial charge in [0.15, 0.2) is 0 Å². The van der Waals surface area contributed by atoms with Crippen molar-refractivity contribution in [3.05, 3.63) is 34.5 Å². The Hall–Kier alpha value is -2.48. The summed E-state index contributed by atoms with van der Waals surface area (Å²) in [5, 5.41) is 19.1. The average molecular weight is 373 g/mol. The molecule has 146 valence electrons. The van der Waals surface area contributed by atoms with Crippen molar-refractivity contribution in [1.29, 1.82) is 0 Å². The van der Waals surface area contributed by atoms with Gasteiger partial charge in [0, 0.05) is 43.1 Å². The molecule has 2 heterocycles. The van der Waals surface area contributed by atoms with Crippen LogP contribution in [0.1, 0.15) is 33.1 Å². The molecule has 1 aliphatic heterocycles. The summed E-state index contributed by atoms with van der Waals surface area (Å²) in [6.07, 6.45) is 4.30. The molecule has 0 unspecified atom stereocenters.